The highest BCUT2D eigenvalue weighted by molar-refractivity contribution is 7.11. The normalized spacial score (nSPS) is 33.2. The summed E-state index contributed by atoms with van der Waals surface area (Å²) in [5.41, 5.74) is 0.807. The van der Waals surface area contributed by atoms with E-state index in [-0.39, 0.29) is 24.2 Å². The van der Waals surface area contributed by atoms with Gasteiger partial charge in [0.25, 0.3) is 0 Å². The van der Waals surface area contributed by atoms with Gasteiger partial charge in [-0.1, -0.05) is 0 Å². The lowest BCUT2D eigenvalue weighted by atomic mass is 9.49. The van der Waals surface area contributed by atoms with Gasteiger partial charge in [-0.05, 0) is 119 Å². The van der Waals surface area contributed by atoms with Crippen molar-refractivity contribution in [1.82, 2.24) is 4.98 Å². The molecule has 0 bridgehead atoms. The number of nitrogens with zero attached hydrogens (tertiary/aromatic N) is 1. The largest absolute Gasteiger partial charge is 0.495 e. The Bertz CT molecular complexity index is 1030. The Morgan fingerprint density at radius 3 is 1.84 bits per heavy atom. The van der Waals surface area contributed by atoms with Gasteiger partial charge in [-0.2, -0.15) is 0 Å². The van der Waals surface area contributed by atoms with E-state index in [1.807, 2.05) is 6.20 Å². The van der Waals surface area contributed by atoms with Crippen molar-refractivity contribution in [1.29, 1.82) is 0 Å². The van der Waals surface area contributed by atoms with Gasteiger partial charge in [0.05, 0.1) is 33.6 Å². The molecule has 7 nitrogen and oxygen atoms in total. The van der Waals surface area contributed by atoms with Crippen molar-refractivity contribution in [3.8, 4) is 0 Å². The summed E-state index contributed by atoms with van der Waals surface area (Å²) in [6, 6.07) is 2.07. The minimum Gasteiger partial charge on any atom is -0.405 e. The molecule has 4 aliphatic rings. The third-order valence-corrected chi connectivity index (χ3v) is 10.2. The fourth-order valence-corrected chi connectivity index (χ4v) is 5.91. The second-order valence-electron chi connectivity index (χ2n) is 14.1. The minimum absolute atomic E-state index is 0.246. The Morgan fingerprint density at radius 1 is 0.730 bits per heavy atom. The van der Waals surface area contributed by atoms with Crippen molar-refractivity contribution >= 4 is 26.6 Å². The van der Waals surface area contributed by atoms with Gasteiger partial charge in [0.15, 0.2) is 0 Å². The van der Waals surface area contributed by atoms with Crippen LogP contribution in [0.3, 0.4) is 0 Å². The molecule has 0 amide bonds. The maximum absolute atomic E-state index is 6.69. The monoisotopic (exact) mass is 511 g/mol. The molecule has 1 aromatic rings. The average molecular weight is 511 g/mol. The number of hydrogen-bond donors (Lipinski definition) is 0. The molecule has 202 valence electrons. The van der Waals surface area contributed by atoms with E-state index >= 15 is 0 Å². The predicted octanol–water partition coefficient (Wildman–Crippen LogP) is 4.43. The zero-order valence-corrected chi connectivity index (χ0v) is 24.7. The summed E-state index contributed by atoms with van der Waals surface area (Å²) >= 11 is 0. The van der Waals surface area contributed by atoms with Crippen molar-refractivity contribution in [3.05, 3.63) is 23.5 Å². The number of aromatic nitrogens is 1. The van der Waals surface area contributed by atoms with Crippen LogP contribution in [0.1, 0.15) is 113 Å². The first kappa shape index (κ1) is 27.7. The Hall–Kier alpha value is -0.895. The van der Waals surface area contributed by atoms with E-state index < -0.39 is 36.4 Å². The second kappa shape index (κ2) is 8.55. The average Bonchev–Trinajstić information content (AvgIpc) is 3.23. The molecule has 2 atom stereocenters. The van der Waals surface area contributed by atoms with Gasteiger partial charge in [0, 0.05) is 17.8 Å². The summed E-state index contributed by atoms with van der Waals surface area (Å²) in [5.74, 6) is 0.246. The van der Waals surface area contributed by atoms with Crippen LogP contribution in [-0.2, 0) is 34.3 Å². The molecular formula is C27H44B3NO6. The third kappa shape index (κ3) is 4.44. The summed E-state index contributed by atoms with van der Waals surface area (Å²) in [6.45, 7) is 23.0. The standard InChI is InChI=1S/C27H44B3NO6/c1-22(2)23(3,4)33-28(32-22)20-15-16-31-21-18(13-12-14-19(20)21)17-27(11)26(9,10)36-30(37-27)29-34-24(5,6)25(7,8)35-29/h15-16,18H,12-14,17H2,1-11H3. The van der Waals surface area contributed by atoms with E-state index in [1.54, 1.807) is 0 Å². The van der Waals surface area contributed by atoms with Crippen molar-refractivity contribution in [2.45, 2.75) is 141 Å². The van der Waals surface area contributed by atoms with Crippen LogP contribution >= 0.6 is 0 Å². The highest BCUT2D eigenvalue weighted by atomic mass is 16.7. The van der Waals surface area contributed by atoms with Crippen LogP contribution in [0.5, 0.6) is 0 Å². The quantitative estimate of drug-likeness (QED) is 0.555. The molecule has 0 saturated carbocycles. The number of hydrogen-bond acceptors (Lipinski definition) is 7. The first-order valence-electron chi connectivity index (χ1n) is 13.9. The molecule has 3 fully saturated rings. The van der Waals surface area contributed by atoms with E-state index in [0.717, 1.165) is 36.8 Å². The first-order chi connectivity index (χ1) is 16.9. The summed E-state index contributed by atoms with van der Waals surface area (Å²) in [6.07, 6.45) is 5.83. The van der Waals surface area contributed by atoms with Crippen molar-refractivity contribution in [2.75, 3.05) is 0 Å². The topological polar surface area (TPSA) is 68.3 Å². The second-order valence-corrected chi connectivity index (χ2v) is 14.1. The first-order valence-corrected chi connectivity index (χ1v) is 13.9. The van der Waals surface area contributed by atoms with E-state index in [2.05, 4.69) is 82.2 Å². The molecule has 1 aromatic heterocycles. The maximum atomic E-state index is 6.69. The molecule has 2 unspecified atom stereocenters. The van der Waals surface area contributed by atoms with Gasteiger partial charge < -0.3 is 27.9 Å². The Kier molecular flexibility index (Phi) is 6.39. The van der Waals surface area contributed by atoms with E-state index in [9.17, 15) is 0 Å². The van der Waals surface area contributed by atoms with Crippen molar-refractivity contribution in [3.63, 3.8) is 0 Å². The number of rotatable bonds is 4. The molecule has 5 rings (SSSR count). The minimum atomic E-state index is -0.590. The fraction of sp³-hybridized carbons (Fsp3) is 0.815. The van der Waals surface area contributed by atoms with Gasteiger partial charge in [-0.25, -0.2) is 0 Å². The zero-order chi connectivity index (χ0) is 27.2. The van der Waals surface area contributed by atoms with Crippen LogP contribution in [0.15, 0.2) is 12.3 Å². The van der Waals surface area contributed by atoms with Gasteiger partial charge in [0.1, 0.15) is 0 Å². The molecular weight excluding hydrogens is 467 g/mol. The molecule has 3 aliphatic heterocycles. The number of fused-ring (bicyclic) bond motifs is 1. The third-order valence-electron chi connectivity index (χ3n) is 10.2. The SMILES string of the molecule is CC1(C)OB(B2OC(C)(C)C(C)(CC3CCCc4c(B5OC(C)(C)C(C)(C)O5)ccnc43)O2)OC1(C)C. The smallest absolute Gasteiger partial charge is 0.405 e. The fourth-order valence-electron chi connectivity index (χ4n) is 5.91. The van der Waals surface area contributed by atoms with Gasteiger partial charge in [-0.3, -0.25) is 4.98 Å². The Labute approximate surface area is 224 Å². The molecule has 0 spiro atoms. The van der Waals surface area contributed by atoms with Gasteiger partial charge >= 0.3 is 21.1 Å². The summed E-state index contributed by atoms with van der Waals surface area (Å²) < 4.78 is 38.6. The molecule has 0 aromatic carbocycles. The van der Waals surface area contributed by atoms with Crippen LogP contribution < -0.4 is 5.46 Å². The van der Waals surface area contributed by atoms with Gasteiger partial charge in [0.2, 0.25) is 0 Å². The van der Waals surface area contributed by atoms with Crippen molar-refractivity contribution < 1.29 is 27.9 Å². The summed E-state index contributed by atoms with van der Waals surface area (Å²) in [5, 5.41) is 0. The van der Waals surface area contributed by atoms with Crippen LogP contribution in [0.25, 0.3) is 0 Å². The number of pyridine rings is 1. The lowest BCUT2D eigenvalue weighted by molar-refractivity contribution is -0.0218. The Balaban J connectivity index is 1.38. The van der Waals surface area contributed by atoms with Crippen molar-refractivity contribution in [2.24, 2.45) is 0 Å². The lowest BCUT2D eigenvalue weighted by Crippen LogP contribution is -2.46. The lowest BCUT2D eigenvalue weighted by Gasteiger charge is -2.40. The van der Waals surface area contributed by atoms with Crippen LogP contribution in [0.2, 0.25) is 0 Å². The molecule has 0 N–H and O–H groups in total. The van der Waals surface area contributed by atoms with E-state index in [0.29, 0.717) is 0 Å². The summed E-state index contributed by atoms with van der Waals surface area (Å²) in [4.78, 5) is 4.90. The molecule has 4 heterocycles. The molecule has 0 radical (unpaired) electrons. The highest BCUT2D eigenvalue weighted by Crippen LogP contribution is 2.48. The van der Waals surface area contributed by atoms with Crippen LogP contribution in [-0.4, -0.2) is 59.7 Å². The van der Waals surface area contributed by atoms with Gasteiger partial charge in [-0.15, -0.1) is 0 Å². The molecule has 10 heteroatoms. The zero-order valence-electron chi connectivity index (χ0n) is 24.7. The predicted molar refractivity (Wildman–Crippen MR) is 147 cm³/mol. The van der Waals surface area contributed by atoms with Crippen LogP contribution in [0.4, 0.5) is 0 Å². The molecule has 3 saturated heterocycles. The van der Waals surface area contributed by atoms with Crippen LogP contribution in [0, 0.1) is 0 Å². The van der Waals surface area contributed by atoms with E-state index in [4.69, 9.17) is 32.9 Å². The van der Waals surface area contributed by atoms with E-state index in [1.165, 1.54) is 5.56 Å². The maximum Gasteiger partial charge on any atom is 0.495 e. The summed E-state index contributed by atoms with van der Waals surface area (Å²) in [7, 11) is -1.54. The molecule has 1 aliphatic carbocycles. The Morgan fingerprint density at radius 2 is 1.24 bits per heavy atom. The highest BCUT2D eigenvalue weighted by Gasteiger charge is 2.65. The molecule has 37 heavy (non-hydrogen) atoms.